The molecule has 3 aliphatic rings. The van der Waals surface area contributed by atoms with Crippen molar-refractivity contribution in [3.63, 3.8) is 0 Å². The minimum Gasteiger partial charge on any atom is -0.461 e. The highest BCUT2D eigenvalue weighted by molar-refractivity contribution is 7.22. The lowest BCUT2D eigenvalue weighted by molar-refractivity contribution is 0.0636. The van der Waals surface area contributed by atoms with Crippen LogP contribution in [0.15, 0.2) is 12.3 Å². The molecule has 16 heteroatoms. The third-order valence-electron chi connectivity index (χ3n) is 9.21. The van der Waals surface area contributed by atoms with Gasteiger partial charge in [-0.3, -0.25) is 15.2 Å². The van der Waals surface area contributed by atoms with Crippen LogP contribution in [0.4, 0.5) is 33.3 Å². The molecule has 2 unspecified atom stereocenters. The molecule has 1 amide bonds. The van der Waals surface area contributed by atoms with Crippen LogP contribution in [0, 0.1) is 17.5 Å². The van der Waals surface area contributed by atoms with E-state index in [0.717, 1.165) is 43.7 Å². The fraction of sp³-hybridized carbons (Fsp3) is 0.531. The number of carbonyl (C=O) groups excluding carboxylic acids is 1. The number of alkyl halides is 1. The predicted molar refractivity (Wildman–Crippen MR) is 174 cm³/mol. The molecule has 0 aliphatic carbocycles. The monoisotopic (exact) mass is 688 g/mol. The summed E-state index contributed by atoms with van der Waals surface area (Å²) in [5.41, 5.74) is -2.54. The number of aromatic nitrogens is 4. The number of nitrogens with one attached hydrogen (secondary N) is 2. The molecule has 48 heavy (non-hydrogen) atoms. The number of fused-ring (bicyclic) bond motifs is 3. The molecule has 0 saturated carbocycles. The van der Waals surface area contributed by atoms with Crippen molar-refractivity contribution in [3.8, 4) is 17.3 Å². The van der Waals surface area contributed by atoms with Crippen molar-refractivity contribution in [1.29, 1.82) is 0 Å². The number of carbonyl (C=O) groups is 1. The van der Waals surface area contributed by atoms with Crippen LogP contribution in [0.1, 0.15) is 46.5 Å². The first kappa shape index (κ1) is 32.6. The Labute approximate surface area is 278 Å². The van der Waals surface area contributed by atoms with Crippen molar-refractivity contribution in [2.45, 2.75) is 69.8 Å². The zero-order chi connectivity index (χ0) is 34.0. The second-order valence-corrected chi connectivity index (χ2v) is 14.7. The van der Waals surface area contributed by atoms with Crippen LogP contribution in [-0.4, -0.2) is 94.1 Å². The van der Waals surface area contributed by atoms with Gasteiger partial charge in [-0.1, -0.05) is 11.3 Å². The number of likely N-dealkylation sites (N-methyl/N-ethyl adjacent to an activating group) is 1. The van der Waals surface area contributed by atoms with Crippen LogP contribution in [0.25, 0.3) is 32.4 Å². The van der Waals surface area contributed by atoms with Crippen LogP contribution < -0.4 is 20.3 Å². The lowest BCUT2D eigenvalue weighted by Crippen LogP contribution is -2.43. The number of hydrogen-bond donors (Lipinski definition) is 2. The van der Waals surface area contributed by atoms with Crippen molar-refractivity contribution in [3.05, 3.63) is 29.7 Å². The fourth-order valence-electron chi connectivity index (χ4n) is 7.00. The van der Waals surface area contributed by atoms with Gasteiger partial charge in [-0.15, -0.1) is 0 Å². The summed E-state index contributed by atoms with van der Waals surface area (Å²) in [7, 11) is 1.84. The summed E-state index contributed by atoms with van der Waals surface area (Å²) in [6.07, 6.45) is 2.41. The van der Waals surface area contributed by atoms with E-state index in [2.05, 4.69) is 35.5 Å². The Morgan fingerprint density at radius 3 is 2.77 bits per heavy atom. The topological polar surface area (TPSA) is 118 Å². The number of pyridine rings is 1. The first-order valence-corrected chi connectivity index (χ1v) is 16.7. The van der Waals surface area contributed by atoms with Gasteiger partial charge in [-0.05, 0) is 53.1 Å². The van der Waals surface area contributed by atoms with E-state index >= 15 is 8.78 Å². The van der Waals surface area contributed by atoms with E-state index in [1.165, 1.54) is 6.20 Å². The van der Waals surface area contributed by atoms with Gasteiger partial charge in [0.2, 0.25) is 0 Å². The van der Waals surface area contributed by atoms with Crippen molar-refractivity contribution in [2.75, 3.05) is 50.1 Å². The highest BCUT2D eigenvalue weighted by Gasteiger charge is 2.49. The van der Waals surface area contributed by atoms with Crippen molar-refractivity contribution >= 4 is 49.5 Å². The van der Waals surface area contributed by atoms with Crippen molar-refractivity contribution in [2.24, 2.45) is 0 Å². The summed E-state index contributed by atoms with van der Waals surface area (Å²) >= 11 is 0.750. The smallest absolute Gasteiger partial charge is 0.413 e. The van der Waals surface area contributed by atoms with Crippen LogP contribution in [-0.2, 0) is 4.74 Å². The van der Waals surface area contributed by atoms with Gasteiger partial charge < -0.3 is 19.7 Å². The van der Waals surface area contributed by atoms with E-state index in [1.54, 1.807) is 20.8 Å². The third kappa shape index (κ3) is 5.98. The van der Waals surface area contributed by atoms with Crippen LogP contribution in [0.3, 0.4) is 0 Å². The van der Waals surface area contributed by atoms with Gasteiger partial charge in [0, 0.05) is 44.9 Å². The number of benzene rings is 1. The molecule has 3 saturated heterocycles. The fourth-order valence-corrected chi connectivity index (χ4v) is 7.87. The van der Waals surface area contributed by atoms with Gasteiger partial charge in [0.15, 0.2) is 10.9 Å². The second kappa shape index (κ2) is 12.2. The van der Waals surface area contributed by atoms with E-state index in [-0.39, 0.29) is 44.9 Å². The number of anilines is 2. The molecule has 256 valence electrons. The average Bonchev–Trinajstić information content (AvgIpc) is 3.80. The molecule has 0 radical (unpaired) electrons. The molecule has 4 aromatic rings. The Hall–Kier alpha value is -3.89. The molecule has 0 bridgehead atoms. The van der Waals surface area contributed by atoms with E-state index in [0.29, 0.717) is 31.4 Å². The maximum absolute atomic E-state index is 16.7. The number of nitrogens with zero attached hydrogens (tertiary/aromatic N) is 6. The van der Waals surface area contributed by atoms with Gasteiger partial charge in [-0.25, -0.2) is 27.3 Å². The molecule has 3 atom stereocenters. The summed E-state index contributed by atoms with van der Waals surface area (Å²) in [6.45, 7) is 7.77. The molecule has 11 nitrogen and oxygen atoms in total. The zero-order valence-electron chi connectivity index (χ0n) is 27.0. The molecule has 2 N–H and O–H groups in total. The molecule has 6 heterocycles. The van der Waals surface area contributed by atoms with Gasteiger partial charge in [-0.2, -0.15) is 9.97 Å². The van der Waals surface area contributed by atoms with Crippen molar-refractivity contribution < 1.29 is 31.8 Å². The van der Waals surface area contributed by atoms with Gasteiger partial charge in [0.05, 0.1) is 26.7 Å². The molecule has 3 aliphatic heterocycles. The summed E-state index contributed by atoms with van der Waals surface area (Å²) in [6, 6.07) is 0.577. The van der Waals surface area contributed by atoms with E-state index in [9.17, 15) is 13.6 Å². The summed E-state index contributed by atoms with van der Waals surface area (Å²) in [4.78, 5) is 34.0. The number of thiazole rings is 1. The Bertz CT molecular complexity index is 1900. The number of hydrogen-bond acceptors (Lipinski definition) is 11. The molecule has 3 aromatic heterocycles. The number of halogens is 4. The van der Waals surface area contributed by atoms with Gasteiger partial charge in [0.25, 0.3) is 0 Å². The highest BCUT2D eigenvalue weighted by atomic mass is 32.1. The average molecular weight is 689 g/mol. The van der Waals surface area contributed by atoms with Gasteiger partial charge >= 0.3 is 12.1 Å². The molecule has 7 rings (SSSR count). The standard InChI is InChI=1S/C32H36F4N8O3S/c1-31(2,3)47-30(45)42-29-40-25-21(19(34)10-20(35)26(25)48-29)24-22(36)23-18(13-38-24)27(43(4)17-6-8-37-12-17)41-28(39-23)46-15-32-7-5-9-44(32)14-16(33)11-32/h10,13,16-17,37H,5-9,11-12,14-15H2,1-4H3,(H,40,42,45)/t16?,17?,32-/m0/s1. The number of amides is 1. The maximum Gasteiger partial charge on any atom is 0.413 e. The minimum absolute atomic E-state index is 0.0461. The normalized spacial score (nSPS) is 22.8. The third-order valence-corrected chi connectivity index (χ3v) is 10.2. The first-order chi connectivity index (χ1) is 22.8. The Morgan fingerprint density at radius 1 is 1.21 bits per heavy atom. The van der Waals surface area contributed by atoms with Gasteiger partial charge in [0.1, 0.15) is 47.0 Å². The van der Waals surface area contributed by atoms with Crippen LogP contribution in [0.5, 0.6) is 6.01 Å². The summed E-state index contributed by atoms with van der Waals surface area (Å²) < 4.78 is 73.0. The van der Waals surface area contributed by atoms with E-state index in [4.69, 9.17) is 9.47 Å². The Kier molecular flexibility index (Phi) is 8.31. The summed E-state index contributed by atoms with van der Waals surface area (Å²) in [5.74, 6) is -2.63. The zero-order valence-corrected chi connectivity index (χ0v) is 27.8. The quantitative estimate of drug-likeness (QED) is 0.230. The van der Waals surface area contributed by atoms with E-state index < -0.39 is 52.1 Å². The molecule has 0 spiro atoms. The van der Waals surface area contributed by atoms with Crippen molar-refractivity contribution in [1.82, 2.24) is 30.2 Å². The van der Waals surface area contributed by atoms with Crippen LogP contribution in [0.2, 0.25) is 0 Å². The highest BCUT2D eigenvalue weighted by Crippen LogP contribution is 2.42. The maximum atomic E-state index is 16.7. The number of rotatable bonds is 7. The lowest BCUT2D eigenvalue weighted by atomic mass is 9.95. The Balaban J connectivity index is 1.31. The molecular formula is C32H36F4N8O3S. The lowest BCUT2D eigenvalue weighted by Gasteiger charge is -2.31. The molecule has 1 aromatic carbocycles. The Morgan fingerprint density at radius 2 is 2.02 bits per heavy atom. The minimum atomic E-state index is -1.10. The molecular weight excluding hydrogens is 652 g/mol. The molecule has 3 fully saturated rings. The predicted octanol–water partition coefficient (Wildman–Crippen LogP) is 5.82. The number of ether oxygens (including phenoxy) is 2. The largest absolute Gasteiger partial charge is 0.461 e. The second-order valence-electron chi connectivity index (χ2n) is 13.7. The van der Waals surface area contributed by atoms with Crippen LogP contribution >= 0.6 is 11.3 Å². The SMILES string of the molecule is CN(c1nc(OC[C@@]23CCCN2CC(F)C3)nc2c(F)c(-c3c(F)cc(F)c4sc(NC(=O)OC(C)(C)C)nc34)ncc12)C1CCNC1. The first-order valence-electron chi connectivity index (χ1n) is 15.9. The summed E-state index contributed by atoms with van der Waals surface area (Å²) in [5, 5.41) is 5.95. The van der Waals surface area contributed by atoms with E-state index in [1.807, 2.05) is 11.9 Å².